The van der Waals surface area contributed by atoms with Crippen molar-refractivity contribution in [3.63, 3.8) is 0 Å². The maximum absolute atomic E-state index is 13.5. The van der Waals surface area contributed by atoms with Crippen LogP contribution in [0, 0.1) is 11.6 Å². The Labute approximate surface area is 183 Å². The van der Waals surface area contributed by atoms with E-state index in [-0.39, 0.29) is 28.6 Å². The lowest BCUT2D eigenvalue weighted by molar-refractivity contribution is -0.122. The zero-order valence-electron chi connectivity index (χ0n) is 16.8. The third-order valence-electron chi connectivity index (χ3n) is 4.86. The van der Waals surface area contributed by atoms with Gasteiger partial charge in [0.25, 0.3) is 15.9 Å². The van der Waals surface area contributed by atoms with Crippen molar-refractivity contribution in [2.75, 3.05) is 23.3 Å². The number of methoxy groups -OCH3 is 1. The number of carbonyl (C=O) groups excluding carboxylic acids is 1. The van der Waals surface area contributed by atoms with Crippen molar-refractivity contribution in [1.82, 2.24) is 0 Å². The van der Waals surface area contributed by atoms with E-state index in [2.05, 4.69) is 5.32 Å². The van der Waals surface area contributed by atoms with Gasteiger partial charge >= 0.3 is 0 Å². The largest absolute Gasteiger partial charge is 0.497 e. The quantitative estimate of drug-likeness (QED) is 0.629. The molecule has 3 aromatic rings. The predicted molar refractivity (Wildman–Crippen MR) is 113 cm³/mol. The number of carbonyl (C=O) groups is 1. The molecule has 166 valence electrons. The first-order valence-corrected chi connectivity index (χ1v) is 10.9. The van der Waals surface area contributed by atoms with Crippen LogP contribution in [0.4, 0.5) is 20.2 Å². The van der Waals surface area contributed by atoms with E-state index in [1.165, 1.54) is 37.4 Å². The molecule has 7 nitrogen and oxygen atoms in total. The zero-order chi connectivity index (χ0) is 22.9. The van der Waals surface area contributed by atoms with Crippen LogP contribution in [-0.4, -0.2) is 34.1 Å². The Morgan fingerprint density at radius 3 is 2.47 bits per heavy atom. The first kappa shape index (κ1) is 21.6. The minimum atomic E-state index is -4.04. The van der Waals surface area contributed by atoms with Crippen LogP contribution in [0.15, 0.2) is 71.6 Å². The minimum absolute atomic E-state index is 0.00904. The Bertz CT molecular complexity index is 1270. The van der Waals surface area contributed by atoms with E-state index < -0.39 is 33.7 Å². The molecule has 0 spiro atoms. The second kappa shape index (κ2) is 8.46. The lowest BCUT2D eigenvalue weighted by Crippen LogP contribution is -2.48. The van der Waals surface area contributed by atoms with Crippen LogP contribution in [0.2, 0.25) is 0 Å². The van der Waals surface area contributed by atoms with Gasteiger partial charge in [0, 0.05) is 11.8 Å². The van der Waals surface area contributed by atoms with Gasteiger partial charge in [-0.1, -0.05) is 12.1 Å². The van der Waals surface area contributed by atoms with Crippen LogP contribution < -0.4 is 19.1 Å². The number of para-hydroxylation sites is 2. The Hall–Kier alpha value is -3.66. The normalized spacial score (nSPS) is 15.5. The number of nitrogens with zero attached hydrogens (tertiary/aromatic N) is 1. The smallest absolute Gasteiger partial charge is 0.267 e. The van der Waals surface area contributed by atoms with Gasteiger partial charge in [-0.15, -0.1) is 0 Å². The number of benzene rings is 3. The molecule has 0 aliphatic carbocycles. The molecule has 10 heteroatoms. The molecule has 32 heavy (non-hydrogen) atoms. The Kier molecular flexibility index (Phi) is 5.70. The lowest BCUT2D eigenvalue weighted by Gasteiger charge is -2.34. The zero-order valence-corrected chi connectivity index (χ0v) is 17.6. The molecule has 0 radical (unpaired) electrons. The second-order valence-electron chi connectivity index (χ2n) is 6.90. The molecule has 1 amide bonds. The summed E-state index contributed by atoms with van der Waals surface area (Å²) in [5.41, 5.74) is 0.293. The van der Waals surface area contributed by atoms with Crippen molar-refractivity contribution in [2.24, 2.45) is 0 Å². The number of hydrogen-bond acceptors (Lipinski definition) is 5. The molecule has 0 aromatic heterocycles. The highest BCUT2D eigenvalue weighted by Crippen LogP contribution is 2.37. The van der Waals surface area contributed by atoms with Crippen molar-refractivity contribution in [3.8, 4) is 11.5 Å². The van der Waals surface area contributed by atoms with Crippen molar-refractivity contribution in [3.05, 3.63) is 78.4 Å². The van der Waals surface area contributed by atoms with Gasteiger partial charge in [0.2, 0.25) is 0 Å². The number of ether oxygens (including phenoxy) is 2. The van der Waals surface area contributed by atoms with Crippen molar-refractivity contribution in [1.29, 1.82) is 0 Å². The van der Waals surface area contributed by atoms with Crippen molar-refractivity contribution in [2.45, 2.75) is 11.0 Å². The molecule has 1 atom stereocenters. The third kappa shape index (κ3) is 4.09. The first-order valence-electron chi connectivity index (χ1n) is 9.48. The fourth-order valence-corrected chi connectivity index (χ4v) is 4.71. The summed E-state index contributed by atoms with van der Waals surface area (Å²) in [4.78, 5) is 12.8. The topological polar surface area (TPSA) is 84.9 Å². The number of fused-ring (bicyclic) bond motifs is 1. The SMILES string of the molecule is COc1ccc(S(=O)(=O)N2C[C@H](C(=O)Nc3ccc(F)c(F)c3)Oc3ccccc32)cc1. The van der Waals surface area contributed by atoms with Gasteiger partial charge in [0.05, 0.1) is 24.2 Å². The van der Waals surface area contributed by atoms with Gasteiger partial charge in [0.15, 0.2) is 17.7 Å². The molecule has 0 fully saturated rings. The molecule has 0 saturated carbocycles. The van der Waals surface area contributed by atoms with Crippen molar-refractivity contribution < 1.29 is 31.5 Å². The molecule has 0 saturated heterocycles. The molecule has 1 heterocycles. The highest BCUT2D eigenvalue weighted by atomic mass is 32.2. The van der Waals surface area contributed by atoms with E-state index in [4.69, 9.17) is 9.47 Å². The molecule has 0 bridgehead atoms. The van der Waals surface area contributed by atoms with Gasteiger partial charge in [0.1, 0.15) is 11.5 Å². The van der Waals surface area contributed by atoms with Gasteiger partial charge in [-0.05, 0) is 48.5 Å². The van der Waals surface area contributed by atoms with Gasteiger partial charge in [-0.25, -0.2) is 17.2 Å². The standard InChI is InChI=1S/C22H18F2N2O5S/c1-30-15-7-9-16(10-8-15)32(28,29)26-13-21(31-20-5-3-2-4-19(20)26)22(27)25-14-6-11-17(23)18(24)12-14/h2-12,21H,13H2,1H3,(H,25,27)/t21-/m1/s1. The van der Waals surface area contributed by atoms with Gasteiger partial charge in [-0.2, -0.15) is 0 Å². The molecule has 1 N–H and O–H groups in total. The number of hydrogen-bond donors (Lipinski definition) is 1. The summed E-state index contributed by atoms with van der Waals surface area (Å²) in [6, 6.07) is 15.2. The van der Waals surface area contributed by atoms with E-state index in [1.54, 1.807) is 24.3 Å². The van der Waals surface area contributed by atoms with E-state index in [0.29, 0.717) is 5.75 Å². The number of anilines is 2. The summed E-state index contributed by atoms with van der Waals surface area (Å²) in [5, 5.41) is 2.43. The number of rotatable bonds is 5. The summed E-state index contributed by atoms with van der Waals surface area (Å²) in [5.74, 6) is -2.19. The molecule has 3 aromatic carbocycles. The van der Waals surface area contributed by atoms with Gasteiger partial charge < -0.3 is 14.8 Å². The molecular formula is C22H18F2N2O5S. The average molecular weight is 460 g/mol. The second-order valence-corrected chi connectivity index (χ2v) is 8.77. The lowest BCUT2D eigenvalue weighted by atomic mass is 10.2. The number of sulfonamides is 1. The summed E-state index contributed by atoms with van der Waals surface area (Å²) >= 11 is 0. The maximum atomic E-state index is 13.5. The highest BCUT2D eigenvalue weighted by Gasteiger charge is 2.37. The highest BCUT2D eigenvalue weighted by molar-refractivity contribution is 7.92. The summed E-state index contributed by atoms with van der Waals surface area (Å²) in [6.07, 6.45) is -1.23. The molecular weight excluding hydrogens is 442 g/mol. The van der Waals surface area contributed by atoms with Crippen LogP contribution in [0.3, 0.4) is 0 Å². The maximum Gasteiger partial charge on any atom is 0.267 e. The van der Waals surface area contributed by atoms with E-state index in [9.17, 15) is 22.0 Å². The first-order chi connectivity index (χ1) is 15.3. The molecule has 1 aliphatic rings. The number of nitrogens with one attached hydrogen (secondary N) is 1. The average Bonchev–Trinajstić information content (AvgIpc) is 2.80. The summed E-state index contributed by atoms with van der Waals surface area (Å²) in [6.45, 7) is -0.319. The predicted octanol–water partition coefficient (Wildman–Crippen LogP) is 3.57. The fraction of sp³-hybridized carbons (Fsp3) is 0.136. The van der Waals surface area contributed by atoms with Crippen LogP contribution in [0.5, 0.6) is 11.5 Å². The monoisotopic (exact) mass is 460 g/mol. The summed E-state index contributed by atoms with van der Waals surface area (Å²) in [7, 11) is -2.57. The van der Waals surface area contributed by atoms with Crippen molar-refractivity contribution >= 4 is 27.3 Å². The fourth-order valence-electron chi connectivity index (χ4n) is 3.24. The van der Waals surface area contributed by atoms with E-state index in [1.807, 2.05) is 0 Å². The Balaban J connectivity index is 1.65. The number of amides is 1. The van der Waals surface area contributed by atoms with Crippen LogP contribution in [0.1, 0.15) is 0 Å². The molecule has 4 rings (SSSR count). The Morgan fingerprint density at radius 1 is 1.06 bits per heavy atom. The molecule has 1 aliphatic heterocycles. The van der Waals surface area contributed by atoms with E-state index in [0.717, 1.165) is 16.4 Å². The number of halogens is 2. The minimum Gasteiger partial charge on any atom is -0.497 e. The van der Waals surface area contributed by atoms with Crippen LogP contribution >= 0.6 is 0 Å². The van der Waals surface area contributed by atoms with Gasteiger partial charge in [-0.3, -0.25) is 9.10 Å². The molecule has 0 unspecified atom stereocenters. The van der Waals surface area contributed by atoms with Crippen LogP contribution in [0.25, 0.3) is 0 Å². The van der Waals surface area contributed by atoms with Crippen LogP contribution in [-0.2, 0) is 14.8 Å². The Morgan fingerprint density at radius 2 is 1.78 bits per heavy atom. The summed E-state index contributed by atoms with van der Waals surface area (Å²) < 4.78 is 65.2. The third-order valence-corrected chi connectivity index (χ3v) is 6.66. The van der Waals surface area contributed by atoms with E-state index >= 15 is 0 Å².